The molecule has 0 saturated carbocycles. The van der Waals surface area contributed by atoms with Crippen LogP contribution in [0.15, 0.2) is 64.5 Å². The van der Waals surface area contributed by atoms with E-state index in [-0.39, 0.29) is 11.3 Å². The number of hydrogen-bond donors (Lipinski definition) is 1. The van der Waals surface area contributed by atoms with Crippen LogP contribution in [0.5, 0.6) is 0 Å². The van der Waals surface area contributed by atoms with Gasteiger partial charge < -0.3 is 9.52 Å². The first kappa shape index (κ1) is 20.1. The molecule has 1 aliphatic heterocycles. The third-order valence-corrected chi connectivity index (χ3v) is 6.47. The van der Waals surface area contributed by atoms with Gasteiger partial charge in [-0.25, -0.2) is 4.98 Å². The lowest BCUT2D eigenvalue weighted by Gasteiger charge is -2.24. The molecule has 1 amide bonds. The molecule has 0 saturated heterocycles. The molecule has 3 aromatic heterocycles. The average Bonchev–Trinajstić information content (AvgIpc) is 3.45. The van der Waals surface area contributed by atoms with Crippen molar-refractivity contribution < 1.29 is 19.1 Å². The van der Waals surface area contributed by atoms with Crippen LogP contribution in [-0.2, 0) is 4.79 Å². The Hall–Kier alpha value is -3.78. The standard InChI is InChI=1S/C24H19N3O4S/c1-12-10-13(2)19-17(11-12)32-24(26-19)27-20(15-6-8-25-9-7-15)18(22(29)23(27)30)21(28)16-5-4-14(3)31-16/h4-11,20,29H,1-3H3. The van der Waals surface area contributed by atoms with Gasteiger partial charge in [0.05, 0.1) is 21.8 Å². The molecule has 7 nitrogen and oxygen atoms in total. The van der Waals surface area contributed by atoms with E-state index in [9.17, 15) is 14.7 Å². The van der Waals surface area contributed by atoms with Gasteiger partial charge in [-0.15, -0.1) is 0 Å². The van der Waals surface area contributed by atoms with Crippen LogP contribution < -0.4 is 4.90 Å². The topological polar surface area (TPSA) is 96.5 Å². The third-order valence-electron chi connectivity index (χ3n) is 5.46. The predicted molar refractivity (Wildman–Crippen MR) is 121 cm³/mol. The van der Waals surface area contributed by atoms with Crippen molar-refractivity contribution >= 4 is 38.4 Å². The van der Waals surface area contributed by atoms with E-state index in [0.29, 0.717) is 16.5 Å². The highest BCUT2D eigenvalue weighted by atomic mass is 32.1. The second-order valence-corrected chi connectivity index (χ2v) is 8.79. The van der Waals surface area contributed by atoms with Gasteiger partial charge in [0.15, 0.2) is 16.7 Å². The van der Waals surface area contributed by atoms with Gasteiger partial charge >= 0.3 is 0 Å². The predicted octanol–water partition coefficient (Wildman–Crippen LogP) is 4.99. The minimum absolute atomic E-state index is 0.0392. The molecule has 1 N–H and O–H groups in total. The molecule has 0 radical (unpaired) electrons. The van der Waals surface area contributed by atoms with Gasteiger partial charge in [-0.05, 0) is 67.8 Å². The number of anilines is 1. The van der Waals surface area contributed by atoms with E-state index in [1.807, 2.05) is 26.0 Å². The number of carbonyl (C=O) groups is 2. The maximum Gasteiger partial charge on any atom is 0.296 e. The number of pyridine rings is 1. The number of hydrogen-bond acceptors (Lipinski definition) is 7. The lowest BCUT2D eigenvalue weighted by atomic mass is 9.96. The summed E-state index contributed by atoms with van der Waals surface area (Å²) in [7, 11) is 0. The smallest absolute Gasteiger partial charge is 0.296 e. The monoisotopic (exact) mass is 445 g/mol. The van der Waals surface area contributed by atoms with Gasteiger partial charge in [-0.2, -0.15) is 0 Å². The number of Topliss-reactive ketones (excluding diaryl/α,β-unsaturated/α-hetero) is 1. The van der Waals surface area contributed by atoms with Crippen LogP contribution in [0.4, 0.5) is 5.13 Å². The number of rotatable bonds is 4. The summed E-state index contributed by atoms with van der Waals surface area (Å²) in [6.45, 7) is 5.69. The molecule has 4 aromatic rings. The molecular formula is C24H19N3O4S. The van der Waals surface area contributed by atoms with Crippen molar-refractivity contribution in [3.8, 4) is 0 Å². The minimum Gasteiger partial charge on any atom is -0.503 e. The fourth-order valence-corrected chi connectivity index (χ4v) is 5.22. The van der Waals surface area contributed by atoms with Crippen LogP contribution in [-0.4, -0.2) is 26.8 Å². The van der Waals surface area contributed by atoms with Gasteiger partial charge in [0, 0.05) is 12.4 Å². The van der Waals surface area contributed by atoms with Gasteiger partial charge in [-0.3, -0.25) is 19.5 Å². The van der Waals surface area contributed by atoms with Crippen LogP contribution in [0, 0.1) is 20.8 Å². The number of aromatic nitrogens is 2. The quantitative estimate of drug-likeness (QED) is 0.445. The first-order valence-electron chi connectivity index (χ1n) is 10.0. The number of amides is 1. The zero-order valence-corrected chi connectivity index (χ0v) is 18.4. The highest BCUT2D eigenvalue weighted by Crippen LogP contribution is 2.44. The zero-order valence-electron chi connectivity index (χ0n) is 17.6. The van der Waals surface area contributed by atoms with Crippen LogP contribution in [0.2, 0.25) is 0 Å². The number of thiazole rings is 1. The van der Waals surface area contributed by atoms with E-state index in [1.165, 1.54) is 16.2 Å². The van der Waals surface area contributed by atoms with Crippen molar-refractivity contribution in [2.45, 2.75) is 26.8 Å². The number of aliphatic hydroxyl groups excluding tert-OH is 1. The molecule has 0 spiro atoms. The molecule has 1 unspecified atom stereocenters. The average molecular weight is 446 g/mol. The molecule has 1 aromatic carbocycles. The molecule has 1 aliphatic rings. The van der Waals surface area contributed by atoms with Gasteiger partial charge in [0.25, 0.3) is 5.91 Å². The number of aliphatic hydroxyl groups is 1. The Morgan fingerprint density at radius 1 is 1.12 bits per heavy atom. The van der Waals surface area contributed by atoms with Crippen molar-refractivity contribution in [1.29, 1.82) is 0 Å². The first-order chi connectivity index (χ1) is 15.3. The van der Waals surface area contributed by atoms with Gasteiger partial charge in [-0.1, -0.05) is 17.4 Å². The molecule has 0 aliphatic carbocycles. The Labute approximate surface area is 187 Å². The number of nitrogens with zero attached hydrogens (tertiary/aromatic N) is 3. The van der Waals surface area contributed by atoms with Gasteiger partial charge in [0.1, 0.15) is 5.76 Å². The molecule has 32 heavy (non-hydrogen) atoms. The Kier molecular flexibility index (Phi) is 4.67. The normalized spacial score (nSPS) is 16.4. The van der Waals surface area contributed by atoms with Crippen molar-refractivity contribution in [3.05, 3.63) is 88.3 Å². The summed E-state index contributed by atoms with van der Waals surface area (Å²) in [4.78, 5) is 36.7. The molecule has 160 valence electrons. The van der Waals surface area contributed by atoms with E-state index in [2.05, 4.69) is 4.98 Å². The summed E-state index contributed by atoms with van der Waals surface area (Å²) in [5.74, 6) is -1.19. The first-order valence-corrected chi connectivity index (χ1v) is 10.8. The van der Waals surface area contributed by atoms with E-state index in [1.54, 1.807) is 43.6 Å². The van der Waals surface area contributed by atoms with Crippen molar-refractivity contribution in [2.75, 3.05) is 4.90 Å². The van der Waals surface area contributed by atoms with E-state index >= 15 is 0 Å². The van der Waals surface area contributed by atoms with Crippen LogP contribution in [0.1, 0.15) is 39.0 Å². The largest absolute Gasteiger partial charge is 0.503 e. The number of ketones is 1. The fraction of sp³-hybridized carbons (Fsp3) is 0.167. The molecule has 0 fully saturated rings. The Balaban J connectivity index is 1.69. The van der Waals surface area contributed by atoms with Crippen LogP contribution >= 0.6 is 11.3 Å². The lowest BCUT2D eigenvalue weighted by Crippen LogP contribution is -2.31. The summed E-state index contributed by atoms with van der Waals surface area (Å²) in [5, 5.41) is 11.2. The highest BCUT2D eigenvalue weighted by Gasteiger charge is 2.46. The SMILES string of the molecule is Cc1cc(C)c2nc(N3C(=O)C(O)=C(C(=O)c4ccc(C)o4)C3c3ccncc3)sc2c1. The number of fused-ring (bicyclic) bond motifs is 1. The Bertz CT molecular complexity index is 1420. The fourth-order valence-electron chi connectivity index (χ4n) is 4.05. The molecule has 0 bridgehead atoms. The molecule has 8 heteroatoms. The molecule has 5 rings (SSSR count). The maximum atomic E-state index is 13.3. The van der Waals surface area contributed by atoms with Crippen molar-refractivity contribution in [1.82, 2.24) is 9.97 Å². The molecule has 1 atom stereocenters. The van der Waals surface area contributed by atoms with Crippen molar-refractivity contribution in [2.24, 2.45) is 0 Å². The maximum absolute atomic E-state index is 13.3. The van der Waals surface area contributed by atoms with E-state index in [4.69, 9.17) is 9.40 Å². The van der Waals surface area contributed by atoms with Gasteiger partial charge in [0.2, 0.25) is 5.78 Å². The van der Waals surface area contributed by atoms with Crippen LogP contribution in [0.3, 0.4) is 0 Å². The summed E-state index contributed by atoms with van der Waals surface area (Å²) >= 11 is 1.35. The Morgan fingerprint density at radius 2 is 1.88 bits per heavy atom. The van der Waals surface area contributed by atoms with E-state index in [0.717, 1.165) is 21.3 Å². The Morgan fingerprint density at radius 3 is 2.56 bits per heavy atom. The third kappa shape index (κ3) is 3.11. The number of aryl methyl sites for hydroxylation is 3. The number of benzene rings is 1. The second-order valence-electron chi connectivity index (χ2n) is 7.78. The lowest BCUT2D eigenvalue weighted by molar-refractivity contribution is -0.117. The molecular weight excluding hydrogens is 426 g/mol. The zero-order chi connectivity index (χ0) is 22.6. The van der Waals surface area contributed by atoms with Crippen LogP contribution in [0.25, 0.3) is 10.2 Å². The number of carbonyl (C=O) groups excluding carboxylic acids is 2. The minimum atomic E-state index is -0.856. The summed E-state index contributed by atoms with van der Waals surface area (Å²) in [6, 6.07) is 9.82. The highest BCUT2D eigenvalue weighted by molar-refractivity contribution is 7.22. The molecule has 4 heterocycles. The van der Waals surface area contributed by atoms with Crippen molar-refractivity contribution in [3.63, 3.8) is 0 Å². The summed E-state index contributed by atoms with van der Waals surface area (Å²) < 4.78 is 6.42. The van der Waals surface area contributed by atoms with E-state index < -0.39 is 23.5 Å². The number of furan rings is 1. The second kappa shape index (κ2) is 7.42. The summed E-state index contributed by atoms with van der Waals surface area (Å²) in [5.41, 5.74) is 3.47. The summed E-state index contributed by atoms with van der Waals surface area (Å²) in [6.07, 6.45) is 3.16.